The molecule has 1 aromatic rings. The zero-order chi connectivity index (χ0) is 12.4. The Bertz CT molecular complexity index is 425. The van der Waals surface area contributed by atoms with Gasteiger partial charge in [-0.3, -0.25) is 4.79 Å². The third-order valence-corrected chi connectivity index (χ3v) is 3.61. The molecule has 1 aromatic carbocycles. The number of likely N-dealkylation sites (tertiary alicyclic amines) is 1. The molecule has 2 N–H and O–H groups in total. The van der Waals surface area contributed by atoms with Crippen molar-refractivity contribution in [3.8, 4) is 0 Å². The van der Waals surface area contributed by atoms with Gasteiger partial charge in [-0.1, -0.05) is 11.6 Å². The summed E-state index contributed by atoms with van der Waals surface area (Å²) in [6.45, 7) is 1.94. The third kappa shape index (κ3) is 2.79. The Morgan fingerprint density at radius 3 is 2.71 bits per heavy atom. The largest absolute Gasteiger partial charge is 0.398 e. The van der Waals surface area contributed by atoms with Gasteiger partial charge in [0.15, 0.2) is 5.78 Å². The summed E-state index contributed by atoms with van der Waals surface area (Å²) >= 11 is 5.91. The number of anilines is 1. The summed E-state index contributed by atoms with van der Waals surface area (Å²) < 4.78 is 0. The second-order valence-corrected chi connectivity index (χ2v) is 5.11. The third-order valence-electron chi connectivity index (χ3n) is 3.37. The average Bonchev–Trinajstić information content (AvgIpc) is 2.32. The highest BCUT2D eigenvalue weighted by Crippen LogP contribution is 2.26. The van der Waals surface area contributed by atoms with E-state index in [-0.39, 0.29) is 11.7 Å². The molecule has 3 nitrogen and oxygen atoms in total. The van der Waals surface area contributed by atoms with Crippen LogP contribution in [0.15, 0.2) is 18.2 Å². The summed E-state index contributed by atoms with van der Waals surface area (Å²) in [6, 6.07) is 5.09. The summed E-state index contributed by atoms with van der Waals surface area (Å²) in [5.41, 5.74) is 6.94. The van der Waals surface area contributed by atoms with Gasteiger partial charge in [-0.25, -0.2) is 0 Å². The summed E-state index contributed by atoms with van der Waals surface area (Å²) in [4.78, 5) is 14.6. The van der Waals surface area contributed by atoms with Crippen LogP contribution in [0.4, 0.5) is 5.69 Å². The zero-order valence-electron chi connectivity index (χ0n) is 9.95. The maximum atomic E-state index is 12.3. The average molecular weight is 253 g/mol. The fourth-order valence-corrected chi connectivity index (χ4v) is 2.40. The van der Waals surface area contributed by atoms with Gasteiger partial charge in [0, 0.05) is 22.2 Å². The predicted octanol–water partition coefficient (Wildman–Crippen LogP) is 2.45. The Labute approximate surface area is 107 Å². The molecule has 0 atom stereocenters. The van der Waals surface area contributed by atoms with Crippen LogP contribution in [0.2, 0.25) is 5.02 Å². The van der Waals surface area contributed by atoms with Crippen LogP contribution in [0, 0.1) is 5.92 Å². The van der Waals surface area contributed by atoms with Gasteiger partial charge < -0.3 is 10.6 Å². The number of carbonyl (C=O) groups is 1. The zero-order valence-corrected chi connectivity index (χ0v) is 10.7. The maximum absolute atomic E-state index is 12.3. The summed E-state index contributed by atoms with van der Waals surface area (Å²) in [5.74, 6) is 0.227. The molecule has 1 aliphatic heterocycles. The van der Waals surface area contributed by atoms with E-state index < -0.39 is 0 Å². The van der Waals surface area contributed by atoms with Crippen molar-refractivity contribution in [1.82, 2.24) is 4.90 Å². The van der Waals surface area contributed by atoms with Crippen LogP contribution < -0.4 is 5.73 Å². The SMILES string of the molecule is CN1CCC(C(=O)c2cc(Cl)ccc2N)CC1. The molecule has 1 fully saturated rings. The van der Waals surface area contributed by atoms with Crippen molar-refractivity contribution >= 4 is 23.1 Å². The number of ketones is 1. The molecule has 1 saturated heterocycles. The number of hydrogen-bond acceptors (Lipinski definition) is 3. The van der Waals surface area contributed by atoms with Gasteiger partial charge in [0.1, 0.15) is 0 Å². The molecule has 4 heteroatoms. The molecular weight excluding hydrogens is 236 g/mol. The van der Waals surface area contributed by atoms with E-state index in [2.05, 4.69) is 11.9 Å². The highest BCUT2D eigenvalue weighted by molar-refractivity contribution is 6.31. The normalized spacial score (nSPS) is 18.2. The van der Waals surface area contributed by atoms with Crippen LogP contribution in [0.3, 0.4) is 0 Å². The number of rotatable bonds is 2. The lowest BCUT2D eigenvalue weighted by atomic mass is 9.88. The maximum Gasteiger partial charge on any atom is 0.168 e. The van der Waals surface area contributed by atoms with Crippen molar-refractivity contribution in [2.75, 3.05) is 25.9 Å². The molecule has 0 amide bonds. The minimum absolute atomic E-state index is 0.0898. The van der Waals surface area contributed by atoms with Gasteiger partial charge in [-0.05, 0) is 51.2 Å². The van der Waals surface area contributed by atoms with Crippen LogP contribution in [0.5, 0.6) is 0 Å². The number of halogens is 1. The molecule has 2 rings (SSSR count). The molecule has 0 radical (unpaired) electrons. The van der Waals surface area contributed by atoms with Crippen molar-refractivity contribution in [1.29, 1.82) is 0 Å². The van der Waals surface area contributed by atoms with E-state index in [1.54, 1.807) is 18.2 Å². The van der Waals surface area contributed by atoms with Crippen LogP contribution in [0.25, 0.3) is 0 Å². The summed E-state index contributed by atoms with van der Waals surface area (Å²) in [7, 11) is 2.08. The molecule has 0 aliphatic carbocycles. The van der Waals surface area contributed by atoms with E-state index in [1.165, 1.54) is 0 Å². The Morgan fingerprint density at radius 1 is 1.41 bits per heavy atom. The first-order chi connectivity index (χ1) is 8.08. The van der Waals surface area contributed by atoms with Gasteiger partial charge >= 0.3 is 0 Å². The minimum Gasteiger partial charge on any atom is -0.398 e. The van der Waals surface area contributed by atoms with Crippen LogP contribution in [0.1, 0.15) is 23.2 Å². The number of nitrogen functional groups attached to an aromatic ring is 1. The van der Waals surface area contributed by atoms with Gasteiger partial charge in [-0.2, -0.15) is 0 Å². The van der Waals surface area contributed by atoms with Crippen LogP contribution in [-0.2, 0) is 0 Å². The number of nitrogens with two attached hydrogens (primary N) is 1. The van der Waals surface area contributed by atoms with Crippen molar-refractivity contribution in [2.24, 2.45) is 5.92 Å². The number of benzene rings is 1. The van der Waals surface area contributed by atoms with E-state index >= 15 is 0 Å². The van der Waals surface area contributed by atoms with Crippen LogP contribution in [-0.4, -0.2) is 30.8 Å². The number of Topliss-reactive ketones (excluding diaryl/α,β-unsaturated/α-hetero) is 1. The van der Waals surface area contributed by atoms with Crippen LogP contribution >= 0.6 is 11.6 Å². The topological polar surface area (TPSA) is 46.3 Å². The molecule has 0 unspecified atom stereocenters. The minimum atomic E-state index is 0.0898. The first-order valence-corrected chi connectivity index (χ1v) is 6.23. The molecule has 0 bridgehead atoms. The van der Waals surface area contributed by atoms with Crippen molar-refractivity contribution in [3.63, 3.8) is 0 Å². The highest BCUT2D eigenvalue weighted by atomic mass is 35.5. The molecule has 1 aliphatic rings. The molecule has 0 spiro atoms. The van der Waals surface area contributed by atoms with Crippen molar-refractivity contribution in [2.45, 2.75) is 12.8 Å². The summed E-state index contributed by atoms with van der Waals surface area (Å²) in [5, 5.41) is 0.565. The molecular formula is C13H17ClN2O. The Balaban J connectivity index is 2.16. The lowest BCUT2D eigenvalue weighted by Gasteiger charge is -2.28. The Morgan fingerprint density at radius 2 is 2.06 bits per heavy atom. The number of hydrogen-bond donors (Lipinski definition) is 1. The molecule has 0 saturated carbocycles. The van der Waals surface area contributed by atoms with Crippen molar-refractivity contribution in [3.05, 3.63) is 28.8 Å². The first-order valence-electron chi connectivity index (χ1n) is 5.85. The van der Waals surface area contributed by atoms with E-state index in [9.17, 15) is 4.79 Å². The lowest BCUT2D eigenvalue weighted by Crippen LogP contribution is -2.33. The second kappa shape index (κ2) is 5.07. The number of nitrogens with zero attached hydrogens (tertiary/aromatic N) is 1. The van der Waals surface area contributed by atoms with E-state index in [4.69, 9.17) is 17.3 Å². The smallest absolute Gasteiger partial charge is 0.168 e. The highest BCUT2D eigenvalue weighted by Gasteiger charge is 2.25. The Kier molecular flexibility index (Phi) is 3.69. The lowest BCUT2D eigenvalue weighted by molar-refractivity contribution is 0.0858. The van der Waals surface area contributed by atoms with E-state index in [1.807, 2.05) is 0 Å². The predicted molar refractivity (Wildman–Crippen MR) is 70.4 cm³/mol. The molecule has 0 aromatic heterocycles. The van der Waals surface area contributed by atoms with Gasteiger partial charge in [0.25, 0.3) is 0 Å². The first kappa shape index (κ1) is 12.4. The Hall–Kier alpha value is -1.06. The van der Waals surface area contributed by atoms with Gasteiger partial charge in [-0.15, -0.1) is 0 Å². The molecule has 17 heavy (non-hydrogen) atoms. The van der Waals surface area contributed by atoms with E-state index in [0.717, 1.165) is 25.9 Å². The van der Waals surface area contributed by atoms with Crippen molar-refractivity contribution < 1.29 is 4.79 Å². The quantitative estimate of drug-likeness (QED) is 0.650. The monoisotopic (exact) mass is 252 g/mol. The second-order valence-electron chi connectivity index (χ2n) is 4.67. The standard InChI is InChI=1S/C13H17ClN2O/c1-16-6-4-9(5-7-16)13(17)11-8-10(14)2-3-12(11)15/h2-3,8-9H,4-7,15H2,1H3. The van der Waals surface area contributed by atoms with E-state index in [0.29, 0.717) is 16.3 Å². The number of piperidine rings is 1. The molecule has 1 heterocycles. The fourth-order valence-electron chi connectivity index (χ4n) is 2.23. The van der Waals surface area contributed by atoms with Gasteiger partial charge in [0.2, 0.25) is 0 Å². The summed E-state index contributed by atoms with van der Waals surface area (Å²) in [6.07, 6.45) is 1.81. The fraction of sp³-hybridized carbons (Fsp3) is 0.462. The number of carbonyl (C=O) groups excluding carboxylic acids is 1. The molecule has 92 valence electrons. The van der Waals surface area contributed by atoms with Gasteiger partial charge in [0.05, 0.1) is 0 Å².